The first-order chi connectivity index (χ1) is 9.28. The summed E-state index contributed by atoms with van der Waals surface area (Å²) in [4.78, 5) is 0. The number of fused-ring (bicyclic) bond motifs is 1. The highest BCUT2D eigenvalue weighted by molar-refractivity contribution is 5.40. The Morgan fingerprint density at radius 1 is 1.32 bits per heavy atom. The Labute approximate surface area is 116 Å². The fourth-order valence-corrected chi connectivity index (χ4v) is 3.64. The summed E-state index contributed by atoms with van der Waals surface area (Å²) in [5.74, 6) is 0.736. The minimum absolute atomic E-state index is 0.419. The number of ether oxygens (including phenoxy) is 1. The third-order valence-electron chi connectivity index (χ3n) is 4.68. The smallest absolute Gasteiger partial charge is 0.0732 e. The summed E-state index contributed by atoms with van der Waals surface area (Å²) in [5, 5.41) is 3.65. The number of likely N-dealkylation sites (N-methyl/N-ethyl adjacent to an activating group) is 1. The molecule has 2 nitrogen and oxygen atoms in total. The van der Waals surface area contributed by atoms with E-state index in [1.54, 1.807) is 11.1 Å². The van der Waals surface area contributed by atoms with Crippen LogP contribution in [0.2, 0.25) is 0 Å². The number of rotatable bonds is 5. The van der Waals surface area contributed by atoms with E-state index in [0.29, 0.717) is 18.2 Å². The van der Waals surface area contributed by atoms with Crippen molar-refractivity contribution in [3.63, 3.8) is 0 Å². The maximum Gasteiger partial charge on any atom is 0.0732 e. The summed E-state index contributed by atoms with van der Waals surface area (Å²) in [5.41, 5.74) is 3.11. The largest absolute Gasteiger partial charge is 0.374 e. The van der Waals surface area contributed by atoms with Crippen molar-refractivity contribution < 1.29 is 4.74 Å². The van der Waals surface area contributed by atoms with Crippen molar-refractivity contribution >= 4 is 0 Å². The van der Waals surface area contributed by atoms with Crippen LogP contribution < -0.4 is 5.32 Å². The van der Waals surface area contributed by atoms with Crippen LogP contribution in [0.4, 0.5) is 0 Å². The zero-order valence-corrected chi connectivity index (χ0v) is 12.1. The first-order valence-corrected chi connectivity index (χ1v) is 7.74. The lowest BCUT2D eigenvalue weighted by molar-refractivity contribution is 0.0282. The molecule has 0 amide bonds. The van der Waals surface area contributed by atoms with E-state index in [4.69, 9.17) is 4.74 Å². The molecule has 0 saturated carbocycles. The second-order valence-electron chi connectivity index (χ2n) is 6.06. The molecule has 1 saturated heterocycles. The Morgan fingerprint density at radius 2 is 2.16 bits per heavy atom. The molecule has 0 bridgehead atoms. The van der Waals surface area contributed by atoms with Crippen LogP contribution in [0.15, 0.2) is 24.3 Å². The van der Waals surface area contributed by atoms with Gasteiger partial charge in [-0.05, 0) is 56.2 Å². The van der Waals surface area contributed by atoms with Crippen LogP contribution in [0, 0.1) is 0 Å². The molecule has 1 fully saturated rings. The SMILES string of the molecule is CCNC(CC1Cc2ccccc21)C1CCC(C)O1. The van der Waals surface area contributed by atoms with Gasteiger partial charge in [-0.15, -0.1) is 0 Å². The second kappa shape index (κ2) is 5.64. The predicted octanol–water partition coefficient (Wildman–Crippen LogP) is 3.26. The predicted molar refractivity (Wildman–Crippen MR) is 78.5 cm³/mol. The molecule has 1 N–H and O–H groups in total. The molecule has 19 heavy (non-hydrogen) atoms. The third-order valence-corrected chi connectivity index (χ3v) is 4.68. The number of hydrogen-bond donors (Lipinski definition) is 1. The highest BCUT2D eigenvalue weighted by Gasteiger charge is 2.34. The highest BCUT2D eigenvalue weighted by Crippen LogP contribution is 2.39. The van der Waals surface area contributed by atoms with Gasteiger partial charge >= 0.3 is 0 Å². The number of benzene rings is 1. The summed E-state index contributed by atoms with van der Waals surface area (Å²) in [6.07, 6.45) is 5.77. The van der Waals surface area contributed by atoms with Gasteiger partial charge in [0.2, 0.25) is 0 Å². The Morgan fingerprint density at radius 3 is 2.84 bits per heavy atom. The molecule has 0 radical (unpaired) electrons. The van der Waals surface area contributed by atoms with Gasteiger partial charge in [0.25, 0.3) is 0 Å². The minimum Gasteiger partial charge on any atom is -0.374 e. The van der Waals surface area contributed by atoms with Crippen molar-refractivity contribution in [1.82, 2.24) is 5.32 Å². The highest BCUT2D eigenvalue weighted by atomic mass is 16.5. The third kappa shape index (κ3) is 2.70. The van der Waals surface area contributed by atoms with Crippen LogP contribution >= 0.6 is 0 Å². The molecule has 4 atom stereocenters. The van der Waals surface area contributed by atoms with Crippen LogP contribution in [0.25, 0.3) is 0 Å². The van der Waals surface area contributed by atoms with Gasteiger partial charge in [0.1, 0.15) is 0 Å². The first-order valence-electron chi connectivity index (χ1n) is 7.74. The zero-order chi connectivity index (χ0) is 13.2. The van der Waals surface area contributed by atoms with Crippen molar-refractivity contribution in [2.24, 2.45) is 0 Å². The average Bonchev–Trinajstić information content (AvgIpc) is 2.81. The van der Waals surface area contributed by atoms with Crippen molar-refractivity contribution in [3.05, 3.63) is 35.4 Å². The van der Waals surface area contributed by atoms with Crippen LogP contribution in [0.5, 0.6) is 0 Å². The van der Waals surface area contributed by atoms with E-state index < -0.39 is 0 Å². The molecule has 1 aromatic carbocycles. The molecule has 1 heterocycles. The molecule has 2 aliphatic rings. The molecule has 1 aliphatic heterocycles. The molecule has 0 aromatic heterocycles. The van der Waals surface area contributed by atoms with E-state index >= 15 is 0 Å². The van der Waals surface area contributed by atoms with Gasteiger partial charge in [-0.25, -0.2) is 0 Å². The summed E-state index contributed by atoms with van der Waals surface area (Å²) in [7, 11) is 0. The molecule has 3 rings (SSSR count). The quantitative estimate of drug-likeness (QED) is 0.876. The monoisotopic (exact) mass is 259 g/mol. The summed E-state index contributed by atoms with van der Waals surface area (Å²) in [6, 6.07) is 9.40. The number of hydrogen-bond acceptors (Lipinski definition) is 2. The van der Waals surface area contributed by atoms with Gasteiger partial charge in [-0.3, -0.25) is 0 Å². The lowest BCUT2D eigenvalue weighted by Gasteiger charge is -2.35. The first kappa shape index (κ1) is 13.1. The van der Waals surface area contributed by atoms with Gasteiger partial charge in [-0.1, -0.05) is 31.2 Å². The maximum absolute atomic E-state index is 6.07. The van der Waals surface area contributed by atoms with Gasteiger partial charge in [0.05, 0.1) is 12.2 Å². The summed E-state index contributed by atoms with van der Waals surface area (Å²) in [6.45, 7) is 5.43. The fourth-order valence-electron chi connectivity index (χ4n) is 3.64. The van der Waals surface area contributed by atoms with Gasteiger partial charge < -0.3 is 10.1 Å². The molecule has 1 aliphatic carbocycles. The molecule has 0 spiro atoms. The van der Waals surface area contributed by atoms with Crippen molar-refractivity contribution in [3.8, 4) is 0 Å². The lowest BCUT2D eigenvalue weighted by Crippen LogP contribution is -2.42. The Kier molecular flexibility index (Phi) is 3.90. The second-order valence-corrected chi connectivity index (χ2v) is 6.06. The van der Waals surface area contributed by atoms with Gasteiger partial charge in [-0.2, -0.15) is 0 Å². The van der Waals surface area contributed by atoms with E-state index in [9.17, 15) is 0 Å². The zero-order valence-electron chi connectivity index (χ0n) is 12.1. The standard InChI is InChI=1S/C17H25NO/c1-3-18-16(17-9-8-12(2)19-17)11-14-10-13-6-4-5-7-15(13)14/h4-7,12,14,16-18H,3,8-11H2,1-2H3. The molecule has 104 valence electrons. The molecule has 1 aromatic rings. The lowest BCUT2D eigenvalue weighted by atomic mass is 9.74. The van der Waals surface area contributed by atoms with E-state index in [1.807, 2.05) is 0 Å². The van der Waals surface area contributed by atoms with Gasteiger partial charge in [0.15, 0.2) is 0 Å². The topological polar surface area (TPSA) is 21.3 Å². The van der Waals surface area contributed by atoms with E-state index in [2.05, 4.69) is 43.4 Å². The Bertz CT molecular complexity index is 431. The summed E-state index contributed by atoms with van der Waals surface area (Å²) >= 11 is 0. The van der Waals surface area contributed by atoms with E-state index in [1.165, 1.54) is 25.7 Å². The van der Waals surface area contributed by atoms with Crippen LogP contribution in [0.1, 0.15) is 50.2 Å². The van der Waals surface area contributed by atoms with Crippen molar-refractivity contribution in [2.45, 2.75) is 63.7 Å². The van der Waals surface area contributed by atoms with E-state index in [0.717, 1.165) is 12.5 Å². The Hall–Kier alpha value is -0.860. The fraction of sp³-hybridized carbons (Fsp3) is 0.647. The minimum atomic E-state index is 0.419. The Balaban J connectivity index is 1.63. The van der Waals surface area contributed by atoms with Crippen LogP contribution in [0.3, 0.4) is 0 Å². The normalized spacial score (nSPS) is 30.7. The molecular formula is C17H25NO. The molecule has 4 unspecified atom stereocenters. The average molecular weight is 259 g/mol. The van der Waals surface area contributed by atoms with Crippen molar-refractivity contribution in [1.29, 1.82) is 0 Å². The van der Waals surface area contributed by atoms with Crippen LogP contribution in [-0.4, -0.2) is 24.8 Å². The van der Waals surface area contributed by atoms with Crippen LogP contribution in [-0.2, 0) is 11.2 Å². The van der Waals surface area contributed by atoms with E-state index in [-0.39, 0.29) is 0 Å². The number of nitrogens with one attached hydrogen (secondary N) is 1. The van der Waals surface area contributed by atoms with Crippen molar-refractivity contribution in [2.75, 3.05) is 6.54 Å². The van der Waals surface area contributed by atoms with Gasteiger partial charge in [0, 0.05) is 6.04 Å². The molecular weight excluding hydrogens is 234 g/mol. The summed E-state index contributed by atoms with van der Waals surface area (Å²) < 4.78 is 6.07. The maximum atomic E-state index is 6.07. The molecule has 2 heteroatoms.